The Kier molecular flexibility index (Phi) is 3.17. The summed E-state index contributed by atoms with van der Waals surface area (Å²) >= 11 is 0. The van der Waals surface area contributed by atoms with Crippen LogP contribution in [0.2, 0.25) is 0 Å². The molecule has 2 aromatic rings. The molecule has 0 saturated carbocycles. The standard InChI is InChI=1S/C13H14N2O/c1-15(12-7-3-2-4-8-12)13-9-5-6-11(10-16)14-13/h2-9,16H,10H2,1H3. The van der Waals surface area contributed by atoms with E-state index in [1.54, 1.807) is 0 Å². The number of aliphatic hydroxyl groups excluding tert-OH is 1. The number of pyridine rings is 1. The lowest BCUT2D eigenvalue weighted by Gasteiger charge is -2.18. The maximum absolute atomic E-state index is 9.03. The van der Waals surface area contributed by atoms with Crippen molar-refractivity contribution in [2.24, 2.45) is 0 Å². The van der Waals surface area contributed by atoms with Crippen molar-refractivity contribution in [3.63, 3.8) is 0 Å². The largest absolute Gasteiger partial charge is 0.390 e. The van der Waals surface area contributed by atoms with Crippen molar-refractivity contribution < 1.29 is 5.11 Å². The highest BCUT2D eigenvalue weighted by Gasteiger charge is 2.04. The van der Waals surface area contributed by atoms with E-state index >= 15 is 0 Å². The van der Waals surface area contributed by atoms with Crippen molar-refractivity contribution in [2.75, 3.05) is 11.9 Å². The van der Waals surface area contributed by atoms with Gasteiger partial charge in [0.15, 0.2) is 0 Å². The Balaban J connectivity index is 2.30. The molecule has 0 spiro atoms. The third-order valence-corrected chi connectivity index (χ3v) is 2.44. The van der Waals surface area contributed by atoms with E-state index in [4.69, 9.17) is 5.11 Å². The van der Waals surface area contributed by atoms with Crippen molar-refractivity contribution in [3.05, 3.63) is 54.2 Å². The van der Waals surface area contributed by atoms with E-state index in [1.807, 2.05) is 60.5 Å². The van der Waals surface area contributed by atoms with Crippen molar-refractivity contribution in [2.45, 2.75) is 6.61 Å². The minimum absolute atomic E-state index is 0.0313. The van der Waals surface area contributed by atoms with E-state index < -0.39 is 0 Å². The molecule has 1 aromatic heterocycles. The fraction of sp³-hybridized carbons (Fsp3) is 0.154. The fourth-order valence-corrected chi connectivity index (χ4v) is 1.53. The van der Waals surface area contributed by atoms with Crippen LogP contribution in [0.4, 0.5) is 11.5 Å². The summed E-state index contributed by atoms with van der Waals surface area (Å²) in [5.41, 5.74) is 1.75. The van der Waals surface area contributed by atoms with E-state index in [0.717, 1.165) is 11.5 Å². The first-order valence-corrected chi connectivity index (χ1v) is 5.17. The molecule has 0 fully saturated rings. The average Bonchev–Trinajstić information content (AvgIpc) is 2.39. The number of nitrogens with zero attached hydrogens (tertiary/aromatic N) is 2. The lowest BCUT2D eigenvalue weighted by molar-refractivity contribution is 0.277. The van der Waals surface area contributed by atoms with Crippen molar-refractivity contribution >= 4 is 11.5 Å². The molecule has 0 aliphatic rings. The van der Waals surface area contributed by atoms with E-state index in [9.17, 15) is 0 Å². The van der Waals surface area contributed by atoms with Crippen molar-refractivity contribution in [1.29, 1.82) is 0 Å². The van der Waals surface area contributed by atoms with E-state index in [2.05, 4.69) is 4.98 Å². The Morgan fingerprint density at radius 3 is 2.50 bits per heavy atom. The highest BCUT2D eigenvalue weighted by molar-refractivity contribution is 5.58. The van der Waals surface area contributed by atoms with Crippen LogP contribution in [0.1, 0.15) is 5.69 Å². The van der Waals surface area contributed by atoms with Crippen LogP contribution in [0.3, 0.4) is 0 Å². The quantitative estimate of drug-likeness (QED) is 0.852. The number of para-hydroxylation sites is 1. The van der Waals surface area contributed by atoms with Gasteiger partial charge in [0, 0.05) is 12.7 Å². The van der Waals surface area contributed by atoms with Gasteiger partial charge in [-0.25, -0.2) is 4.98 Å². The van der Waals surface area contributed by atoms with Crippen LogP contribution in [0.15, 0.2) is 48.5 Å². The monoisotopic (exact) mass is 214 g/mol. The fourth-order valence-electron chi connectivity index (χ4n) is 1.53. The molecule has 0 saturated heterocycles. The number of rotatable bonds is 3. The second-order valence-corrected chi connectivity index (χ2v) is 3.54. The molecule has 0 aliphatic carbocycles. The molecule has 0 unspecified atom stereocenters. The Morgan fingerprint density at radius 2 is 1.81 bits per heavy atom. The highest BCUT2D eigenvalue weighted by atomic mass is 16.3. The minimum Gasteiger partial charge on any atom is -0.390 e. The predicted octanol–water partition coefficient (Wildman–Crippen LogP) is 2.34. The molecule has 0 atom stereocenters. The number of hydrogen-bond donors (Lipinski definition) is 1. The minimum atomic E-state index is -0.0313. The zero-order valence-corrected chi connectivity index (χ0v) is 9.17. The molecule has 0 amide bonds. The van der Waals surface area contributed by atoms with Crippen LogP contribution in [-0.4, -0.2) is 17.1 Å². The van der Waals surface area contributed by atoms with Crippen molar-refractivity contribution in [1.82, 2.24) is 4.98 Å². The second-order valence-electron chi connectivity index (χ2n) is 3.54. The number of aliphatic hydroxyl groups is 1. The number of aromatic nitrogens is 1. The molecule has 1 heterocycles. The first kappa shape index (κ1) is 10.6. The van der Waals surface area contributed by atoms with E-state index in [1.165, 1.54) is 0 Å². The Hall–Kier alpha value is -1.87. The lowest BCUT2D eigenvalue weighted by Crippen LogP contribution is -2.11. The van der Waals surface area contributed by atoms with Crippen LogP contribution in [-0.2, 0) is 6.61 Å². The molecule has 3 nitrogen and oxygen atoms in total. The number of benzene rings is 1. The molecule has 0 aliphatic heterocycles. The summed E-state index contributed by atoms with van der Waals surface area (Å²) in [6.45, 7) is -0.0313. The maximum atomic E-state index is 9.03. The SMILES string of the molecule is CN(c1ccccc1)c1cccc(CO)n1. The van der Waals surface area contributed by atoms with Crippen molar-refractivity contribution in [3.8, 4) is 0 Å². The van der Waals surface area contributed by atoms with E-state index in [-0.39, 0.29) is 6.61 Å². The second kappa shape index (κ2) is 4.77. The van der Waals surface area contributed by atoms with Crippen LogP contribution >= 0.6 is 0 Å². The predicted molar refractivity (Wildman–Crippen MR) is 64.7 cm³/mol. The molecule has 0 bridgehead atoms. The Bertz CT molecular complexity index is 456. The summed E-state index contributed by atoms with van der Waals surface area (Å²) in [7, 11) is 1.96. The zero-order chi connectivity index (χ0) is 11.4. The summed E-state index contributed by atoms with van der Waals surface area (Å²) in [4.78, 5) is 6.33. The topological polar surface area (TPSA) is 36.4 Å². The van der Waals surface area contributed by atoms with Crippen LogP contribution in [0, 0.1) is 0 Å². The third kappa shape index (κ3) is 2.20. The first-order valence-electron chi connectivity index (χ1n) is 5.17. The van der Waals surface area contributed by atoms with Gasteiger partial charge in [-0.05, 0) is 24.3 Å². The van der Waals surface area contributed by atoms with Gasteiger partial charge in [0.2, 0.25) is 0 Å². The normalized spacial score (nSPS) is 10.1. The number of anilines is 2. The van der Waals surface area contributed by atoms with Crippen LogP contribution in [0.5, 0.6) is 0 Å². The van der Waals surface area contributed by atoms with Gasteiger partial charge in [-0.15, -0.1) is 0 Å². The molecular weight excluding hydrogens is 200 g/mol. The Morgan fingerprint density at radius 1 is 1.06 bits per heavy atom. The molecule has 1 N–H and O–H groups in total. The van der Waals surface area contributed by atoms with Crippen LogP contribution < -0.4 is 4.90 Å². The number of hydrogen-bond acceptors (Lipinski definition) is 3. The molecule has 16 heavy (non-hydrogen) atoms. The van der Waals surface area contributed by atoms with Gasteiger partial charge in [-0.2, -0.15) is 0 Å². The van der Waals surface area contributed by atoms with Gasteiger partial charge in [-0.1, -0.05) is 24.3 Å². The van der Waals surface area contributed by atoms with Gasteiger partial charge < -0.3 is 10.0 Å². The van der Waals surface area contributed by atoms with Gasteiger partial charge in [0.25, 0.3) is 0 Å². The average molecular weight is 214 g/mol. The summed E-state index contributed by atoms with van der Waals surface area (Å²) in [6, 6.07) is 15.6. The Labute approximate surface area is 95.0 Å². The van der Waals surface area contributed by atoms with E-state index in [0.29, 0.717) is 5.69 Å². The molecule has 1 aromatic carbocycles. The molecular formula is C13H14N2O. The van der Waals surface area contributed by atoms with Gasteiger partial charge in [0.1, 0.15) is 5.82 Å². The lowest BCUT2D eigenvalue weighted by atomic mass is 10.3. The third-order valence-electron chi connectivity index (χ3n) is 2.44. The van der Waals surface area contributed by atoms with Gasteiger partial charge in [0.05, 0.1) is 12.3 Å². The summed E-state index contributed by atoms with van der Waals surface area (Å²) in [5, 5.41) is 9.03. The van der Waals surface area contributed by atoms with Gasteiger partial charge in [-0.3, -0.25) is 0 Å². The zero-order valence-electron chi connectivity index (χ0n) is 9.17. The molecule has 0 radical (unpaired) electrons. The summed E-state index contributed by atoms with van der Waals surface area (Å²) in [5.74, 6) is 0.831. The van der Waals surface area contributed by atoms with Crippen LogP contribution in [0.25, 0.3) is 0 Å². The molecule has 3 heteroatoms. The smallest absolute Gasteiger partial charge is 0.133 e. The molecule has 82 valence electrons. The highest BCUT2D eigenvalue weighted by Crippen LogP contribution is 2.20. The maximum Gasteiger partial charge on any atom is 0.133 e. The van der Waals surface area contributed by atoms with Gasteiger partial charge >= 0.3 is 0 Å². The first-order chi connectivity index (χ1) is 7.81. The molecule has 2 rings (SSSR count). The summed E-state index contributed by atoms with van der Waals surface area (Å²) < 4.78 is 0. The summed E-state index contributed by atoms with van der Waals surface area (Å²) in [6.07, 6.45) is 0.